The highest BCUT2D eigenvalue weighted by Gasteiger charge is 2.24. The van der Waals surface area contributed by atoms with Crippen molar-refractivity contribution in [3.63, 3.8) is 0 Å². The molecule has 0 heterocycles. The molecule has 19 heavy (non-hydrogen) atoms. The first-order valence-corrected chi connectivity index (χ1v) is 7.50. The van der Waals surface area contributed by atoms with Gasteiger partial charge in [-0.1, -0.05) is 25.4 Å². The molecule has 0 saturated heterocycles. The van der Waals surface area contributed by atoms with Crippen molar-refractivity contribution in [1.82, 2.24) is 4.72 Å². The first-order chi connectivity index (χ1) is 8.81. The molecule has 0 aliphatic heterocycles. The second kappa shape index (κ2) is 6.35. The Labute approximate surface area is 117 Å². The summed E-state index contributed by atoms with van der Waals surface area (Å²) in [5, 5.41) is 18.0. The summed E-state index contributed by atoms with van der Waals surface area (Å²) in [5.74, 6) is -0.0716. The molecule has 0 radical (unpaired) electrons. The van der Waals surface area contributed by atoms with E-state index in [0.717, 1.165) is 0 Å². The summed E-state index contributed by atoms with van der Waals surface area (Å²) in [6, 6.07) is 5.26. The molecule has 0 bridgehead atoms. The van der Waals surface area contributed by atoms with E-state index in [1.54, 1.807) is 13.8 Å². The normalized spacial score (nSPS) is 13.3. The van der Waals surface area contributed by atoms with Crippen LogP contribution < -0.4 is 4.72 Å². The van der Waals surface area contributed by atoms with Crippen LogP contribution in [-0.2, 0) is 10.0 Å². The molecule has 7 heteroatoms. The molecule has 0 amide bonds. The van der Waals surface area contributed by atoms with Crippen LogP contribution in [0.2, 0.25) is 5.02 Å². The van der Waals surface area contributed by atoms with Crippen LogP contribution >= 0.6 is 11.6 Å². The van der Waals surface area contributed by atoms with E-state index in [0.29, 0.717) is 0 Å². The minimum Gasteiger partial charge on any atom is -0.395 e. The number of nitrogens with one attached hydrogen (secondary N) is 1. The van der Waals surface area contributed by atoms with Crippen LogP contribution in [0, 0.1) is 17.2 Å². The van der Waals surface area contributed by atoms with E-state index >= 15 is 0 Å². The van der Waals surface area contributed by atoms with Crippen molar-refractivity contribution in [3.05, 3.63) is 28.8 Å². The second-order valence-corrected chi connectivity index (χ2v) is 6.50. The molecule has 2 N–H and O–H groups in total. The summed E-state index contributed by atoms with van der Waals surface area (Å²) >= 11 is 5.85. The van der Waals surface area contributed by atoms with Crippen molar-refractivity contribution in [1.29, 1.82) is 5.26 Å². The second-order valence-electron chi connectivity index (χ2n) is 4.41. The Morgan fingerprint density at radius 2 is 2.11 bits per heavy atom. The Balaban J connectivity index is 3.17. The van der Waals surface area contributed by atoms with Gasteiger partial charge in [-0.3, -0.25) is 0 Å². The maximum absolute atomic E-state index is 12.2. The van der Waals surface area contributed by atoms with E-state index in [4.69, 9.17) is 22.0 Å². The molecular weight excluding hydrogens is 288 g/mol. The lowest BCUT2D eigenvalue weighted by Gasteiger charge is -2.20. The van der Waals surface area contributed by atoms with Gasteiger partial charge in [0.2, 0.25) is 10.0 Å². The zero-order chi connectivity index (χ0) is 14.6. The van der Waals surface area contributed by atoms with Gasteiger partial charge in [-0.2, -0.15) is 5.26 Å². The van der Waals surface area contributed by atoms with Crippen molar-refractivity contribution in [2.75, 3.05) is 6.61 Å². The van der Waals surface area contributed by atoms with Crippen LogP contribution in [0.4, 0.5) is 0 Å². The third-order valence-electron chi connectivity index (χ3n) is 2.66. The molecule has 0 aliphatic rings. The van der Waals surface area contributed by atoms with Crippen molar-refractivity contribution in [3.8, 4) is 6.07 Å². The number of aliphatic hydroxyl groups excluding tert-OH is 1. The molecule has 1 unspecified atom stereocenters. The highest BCUT2D eigenvalue weighted by Crippen LogP contribution is 2.23. The van der Waals surface area contributed by atoms with E-state index in [9.17, 15) is 8.42 Å². The molecule has 0 aromatic heterocycles. The number of rotatable bonds is 5. The number of benzene rings is 1. The summed E-state index contributed by atoms with van der Waals surface area (Å²) in [6.45, 7) is 3.26. The van der Waals surface area contributed by atoms with Crippen LogP contribution in [-0.4, -0.2) is 26.2 Å². The monoisotopic (exact) mass is 302 g/mol. The third kappa shape index (κ3) is 3.91. The SMILES string of the molecule is CC(C)C(CO)NS(=O)(=O)c1cc(C#N)ccc1Cl. The van der Waals surface area contributed by atoms with Gasteiger partial charge in [0.15, 0.2) is 0 Å². The number of halogens is 1. The Bertz CT molecular complexity index is 593. The first kappa shape index (κ1) is 15.9. The summed E-state index contributed by atoms with van der Waals surface area (Å²) in [7, 11) is -3.87. The fraction of sp³-hybridized carbons (Fsp3) is 0.417. The number of sulfonamides is 1. The van der Waals surface area contributed by atoms with Crippen LogP contribution in [0.1, 0.15) is 19.4 Å². The predicted molar refractivity (Wildman–Crippen MR) is 72.2 cm³/mol. The topological polar surface area (TPSA) is 90.2 Å². The number of hydrogen-bond donors (Lipinski definition) is 2. The molecule has 0 aliphatic carbocycles. The van der Waals surface area contributed by atoms with Crippen molar-refractivity contribution in [2.24, 2.45) is 5.92 Å². The van der Waals surface area contributed by atoms with Gasteiger partial charge in [0.1, 0.15) is 4.90 Å². The zero-order valence-electron chi connectivity index (χ0n) is 10.6. The summed E-state index contributed by atoms with van der Waals surface area (Å²) in [4.78, 5) is -0.160. The lowest BCUT2D eigenvalue weighted by Crippen LogP contribution is -2.41. The van der Waals surface area contributed by atoms with Crippen LogP contribution in [0.25, 0.3) is 0 Å². The van der Waals surface area contributed by atoms with Gasteiger partial charge in [0, 0.05) is 6.04 Å². The molecule has 0 fully saturated rings. The lowest BCUT2D eigenvalue weighted by atomic mass is 10.1. The highest BCUT2D eigenvalue weighted by atomic mass is 35.5. The summed E-state index contributed by atoms with van der Waals surface area (Å²) in [5.41, 5.74) is 0.204. The first-order valence-electron chi connectivity index (χ1n) is 5.64. The fourth-order valence-electron chi connectivity index (χ4n) is 1.43. The van der Waals surface area contributed by atoms with Crippen molar-refractivity contribution >= 4 is 21.6 Å². The van der Waals surface area contributed by atoms with Crippen molar-refractivity contribution < 1.29 is 13.5 Å². The third-order valence-corrected chi connectivity index (χ3v) is 4.63. The van der Waals surface area contributed by atoms with E-state index in [2.05, 4.69) is 4.72 Å². The molecule has 1 rings (SSSR count). The van der Waals surface area contributed by atoms with E-state index in [1.165, 1.54) is 18.2 Å². The van der Waals surface area contributed by atoms with Gasteiger partial charge >= 0.3 is 0 Å². The minimum atomic E-state index is -3.87. The number of hydrogen-bond acceptors (Lipinski definition) is 4. The Hall–Kier alpha value is -1.13. The highest BCUT2D eigenvalue weighted by molar-refractivity contribution is 7.89. The fourth-order valence-corrected chi connectivity index (χ4v) is 3.33. The van der Waals surface area contributed by atoms with Crippen LogP contribution in [0.5, 0.6) is 0 Å². The van der Waals surface area contributed by atoms with Crippen LogP contribution in [0.15, 0.2) is 23.1 Å². The van der Waals surface area contributed by atoms with E-state index in [-0.39, 0.29) is 28.0 Å². The predicted octanol–water partition coefficient (Wildman–Crippen LogP) is 1.51. The molecular formula is C12H15ClN2O3S. The molecule has 0 saturated carbocycles. The minimum absolute atomic E-state index is 0.0342. The van der Waals surface area contributed by atoms with E-state index < -0.39 is 16.1 Å². The maximum atomic E-state index is 12.2. The lowest BCUT2D eigenvalue weighted by molar-refractivity contribution is 0.227. The largest absolute Gasteiger partial charge is 0.395 e. The van der Waals surface area contributed by atoms with Crippen LogP contribution in [0.3, 0.4) is 0 Å². The average molecular weight is 303 g/mol. The van der Waals surface area contributed by atoms with E-state index in [1.807, 2.05) is 6.07 Å². The van der Waals surface area contributed by atoms with Gasteiger partial charge in [-0.05, 0) is 24.1 Å². The molecule has 1 atom stereocenters. The molecule has 0 spiro atoms. The summed E-state index contributed by atoms with van der Waals surface area (Å²) in [6.07, 6.45) is 0. The Kier molecular flexibility index (Phi) is 5.32. The molecule has 5 nitrogen and oxygen atoms in total. The standard InChI is InChI=1S/C12H15ClN2O3S/c1-8(2)11(7-16)15-19(17,18)12-5-9(6-14)3-4-10(12)13/h3-5,8,11,15-16H,7H2,1-2H3. The quantitative estimate of drug-likeness (QED) is 0.862. The van der Waals surface area contributed by atoms with Crippen molar-refractivity contribution in [2.45, 2.75) is 24.8 Å². The average Bonchev–Trinajstić information content (AvgIpc) is 2.36. The Morgan fingerprint density at radius 1 is 1.47 bits per heavy atom. The maximum Gasteiger partial charge on any atom is 0.242 e. The zero-order valence-corrected chi connectivity index (χ0v) is 12.2. The van der Waals surface area contributed by atoms with Gasteiger partial charge in [-0.25, -0.2) is 13.1 Å². The van der Waals surface area contributed by atoms with Gasteiger partial charge < -0.3 is 5.11 Å². The van der Waals surface area contributed by atoms with Gasteiger partial charge in [0.25, 0.3) is 0 Å². The molecule has 1 aromatic carbocycles. The van der Waals surface area contributed by atoms with Gasteiger partial charge in [-0.15, -0.1) is 0 Å². The smallest absolute Gasteiger partial charge is 0.242 e. The number of nitriles is 1. The summed E-state index contributed by atoms with van der Waals surface area (Å²) < 4.78 is 26.7. The molecule has 104 valence electrons. The number of nitrogens with zero attached hydrogens (tertiary/aromatic N) is 1. The van der Waals surface area contributed by atoms with Gasteiger partial charge in [0.05, 0.1) is 23.3 Å². The molecule has 1 aromatic rings. The Morgan fingerprint density at radius 3 is 2.58 bits per heavy atom. The number of aliphatic hydroxyl groups is 1.